The van der Waals surface area contributed by atoms with Gasteiger partial charge in [0.15, 0.2) is 5.82 Å². The topological polar surface area (TPSA) is 41.9 Å². The molecule has 4 nitrogen and oxygen atoms in total. The predicted molar refractivity (Wildman–Crippen MR) is 79.0 cm³/mol. The molecule has 0 saturated carbocycles. The molecule has 2 aromatic heterocycles. The Kier molecular flexibility index (Phi) is 3.25. The molecule has 0 radical (unpaired) electrons. The van der Waals surface area contributed by atoms with Crippen LogP contribution in [0.2, 0.25) is 0 Å². The summed E-state index contributed by atoms with van der Waals surface area (Å²) in [7, 11) is 0. The fourth-order valence-electron chi connectivity index (χ4n) is 3.14. The fraction of sp³-hybridized carbons (Fsp3) is 0.438. The van der Waals surface area contributed by atoms with Crippen LogP contribution in [0.3, 0.4) is 0 Å². The van der Waals surface area contributed by atoms with Crippen molar-refractivity contribution in [2.24, 2.45) is 5.92 Å². The zero-order valence-electron chi connectivity index (χ0n) is 12.3. The lowest BCUT2D eigenvalue weighted by molar-refractivity contribution is -0.180. The zero-order chi connectivity index (χ0) is 16.0. The third-order valence-electron chi connectivity index (χ3n) is 4.45. The lowest BCUT2D eigenvalue weighted by Crippen LogP contribution is -2.54. The van der Waals surface area contributed by atoms with E-state index in [9.17, 15) is 13.2 Å². The standard InChI is InChI=1S/C16H15F3N4/c17-16(18,19)10-8-23(9-10)15-11-4-3-6-12(11)21-14(22-15)13-5-1-2-7-20-13/h1-2,5,7,10H,3-4,6,8-9H2. The van der Waals surface area contributed by atoms with Crippen molar-refractivity contribution in [3.05, 3.63) is 35.7 Å². The molecule has 0 amide bonds. The summed E-state index contributed by atoms with van der Waals surface area (Å²) in [5.74, 6) is -0.0989. The quantitative estimate of drug-likeness (QED) is 0.853. The molecule has 1 fully saturated rings. The third-order valence-corrected chi connectivity index (χ3v) is 4.45. The third kappa shape index (κ3) is 2.54. The van der Waals surface area contributed by atoms with Crippen molar-refractivity contribution >= 4 is 5.82 Å². The van der Waals surface area contributed by atoms with Gasteiger partial charge in [0.25, 0.3) is 0 Å². The van der Waals surface area contributed by atoms with Crippen molar-refractivity contribution in [1.29, 1.82) is 0 Å². The van der Waals surface area contributed by atoms with E-state index >= 15 is 0 Å². The number of fused-ring (bicyclic) bond motifs is 1. The van der Waals surface area contributed by atoms with Crippen LogP contribution in [-0.2, 0) is 12.8 Å². The van der Waals surface area contributed by atoms with Gasteiger partial charge in [0.2, 0.25) is 0 Å². The number of halogens is 3. The number of anilines is 1. The van der Waals surface area contributed by atoms with Crippen molar-refractivity contribution in [2.75, 3.05) is 18.0 Å². The van der Waals surface area contributed by atoms with Gasteiger partial charge in [0, 0.05) is 30.5 Å². The van der Waals surface area contributed by atoms with Crippen LogP contribution in [-0.4, -0.2) is 34.2 Å². The van der Waals surface area contributed by atoms with E-state index in [0.717, 1.165) is 30.5 Å². The Morgan fingerprint density at radius 3 is 2.61 bits per heavy atom. The SMILES string of the molecule is FC(F)(F)C1CN(c2nc(-c3ccccn3)nc3c2CCC3)C1. The Labute approximate surface area is 131 Å². The van der Waals surface area contributed by atoms with Crippen LogP contribution in [0, 0.1) is 5.92 Å². The molecule has 23 heavy (non-hydrogen) atoms. The predicted octanol–water partition coefficient (Wildman–Crippen LogP) is 3.03. The Morgan fingerprint density at radius 1 is 1.09 bits per heavy atom. The minimum absolute atomic E-state index is 0.0192. The second kappa shape index (κ2) is 5.18. The van der Waals surface area contributed by atoms with Gasteiger partial charge in [-0.05, 0) is 31.4 Å². The molecule has 3 heterocycles. The van der Waals surface area contributed by atoms with E-state index < -0.39 is 12.1 Å². The van der Waals surface area contributed by atoms with Crippen molar-refractivity contribution in [3.63, 3.8) is 0 Å². The van der Waals surface area contributed by atoms with Crippen LogP contribution >= 0.6 is 0 Å². The van der Waals surface area contributed by atoms with Gasteiger partial charge in [0.05, 0.1) is 5.92 Å². The maximum absolute atomic E-state index is 12.7. The monoisotopic (exact) mass is 320 g/mol. The molecule has 0 atom stereocenters. The van der Waals surface area contributed by atoms with Crippen LogP contribution in [0.15, 0.2) is 24.4 Å². The molecule has 2 aliphatic rings. The summed E-state index contributed by atoms with van der Waals surface area (Å²) in [5.41, 5.74) is 2.60. The van der Waals surface area contributed by atoms with E-state index in [1.165, 1.54) is 0 Å². The van der Waals surface area contributed by atoms with E-state index in [1.807, 2.05) is 12.1 Å². The summed E-state index contributed by atoms with van der Waals surface area (Å²) >= 11 is 0. The summed E-state index contributed by atoms with van der Waals surface area (Å²) in [6, 6.07) is 5.47. The van der Waals surface area contributed by atoms with Crippen LogP contribution in [0.25, 0.3) is 11.5 Å². The molecule has 1 saturated heterocycles. The lowest BCUT2D eigenvalue weighted by atomic mass is 9.98. The summed E-state index contributed by atoms with van der Waals surface area (Å²) in [6.07, 6.45) is 0.187. The first-order valence-electron chi connectivity index (χ1n) is 7.65. The largest absolute Gasteiger partial charge is 0.395 e. The molecule has 2 aromatic rings. The number of aryl methyl sites for hydroxylation is 1. The van der Waals surface area contributed by atoms with Crippen molar-refractivity contribution < 1.29 is 13.2 Å². The maximum Gasteiger partial charge on any atom is 0.395 e. The van der Waals surface area contributed by atoms with E-state index in [2.05, 4.69) is 15.0 Å². The highest BCUT2D eigenvalue weighted by molar-refractivity contribution is 5.59. The molecule has 0 spiro atoms. The minimum atomic E-state index is -4.13. The molecular weight excluding hydrogens is 305 g/mol. The number of nitrogens with zero attached hydrogens (tertiary/aromatic N) is 4. The Bertz CT molecular complexity index is 724. The Hall–Kier alpha value is -2.18. The lowest BCUT2D eigenvalue weighted by Gasteiger charge is -2.41. The molecule has 0 bridgehead atoms. The van der Waals surface area contributed by atoms with Gasteiger partial charge in [-0.1, -0.05) is 6.07 Å². The molecule has 120 valence electrons. The van der Waals surface area contributed by atoms with Gasteiger partial charge >= 0.3 is 6.18 Å². The van der Waals surface area contributed by atoms with Crippen molar-refractivity contribution in [3.8, 4) is 11.5 Å². The highest BCUT2D eigenvalue weighted by Crippen LogP contribution is 2.39. The second-order valence-electron chi connectivity index (χ2n) is 6.01. The van der Waals surface area contributed by atoms with Gasteiger partial charge in [-0.25, -0.2) is 9.97 Å². The summed E-state index contributed by atoms with van der Waals surface area (Å²) in [4.78, 5) is 15.1. The highest BCUT2D eigenvalue weighted by Gasteiger charge is 2.48. The van der Waals surface area contributed by atoms with E-state index in [1.54, 1.807) is 17.2 Å². The smallest absolute Gasteiger partial charge is 0.355 e. The molecule has 0 aromatic carbocycles. The van der Waals surface area contributed by atoms with Crippen LogP contribution in [0.5, 0.6) is 0 Å². The van der Waals surface area contributed by atoms with Gasteiger partial charge < -0.3 is 4.90 Å². The normalized spacial score (nSPS) is 18.0. The average molecular weight is 320 g/mol. The van der Waals surface area contributed by atoms with Crippen LogP contribution < -0.4 is 4.90 Å². The molecule has 1 aliphatic heterocycles. The van der Waals surface area contributed by atoms with Crippen molar-refractivity contribution in [1.82, 2.24) is 15.0 Å². The highest BCUT2D eigenvalue weighted by atomic mass is 19.4. The number of alkyl halides is 3. The number of hydrogen-bond acceptors (Lipinski definition) is 4. The first kappa shape index (κ1) is 14.4. The van der Waals surface area contributed by atoms with E-state index in [0.29, 0.717) is 17.3 Å². The van der Waals surface area contributed by atoms with E-state index in [4.69, 9.17) is 0 Å². The fourth-order valence-corrected chi connectivity index (χ4v) is 3.14. The Balaban J connectivity index is 1.69. The van der Waals surface area contributed by atoms with Gasteiger partial charge in [-0.2, -0.15) is 13.2 Å². The van der Waals surface area contributed by atoms with Crippen LogP contribution in [0.1, 0.15) is 17.7 Å². The van der Waals surface area contributed by atoms with Gasteiger partial charge in [-0.15, -0.1) is 0 Å². The first-order chi connectivity index (χ1) is 11.0. The molecule has 7 heteroatoms. The van der Waals surface area contributed by atoms with E-state index in [-0.39, 0.29) is 13.1 Å². The maximum atomic E-state index is 12.7. The van der Waals surface area contributed by atoms with Gasteiger partial charge in [-0.3, -0.25) is 4.98 Å². The number of hydrogen-bond donors (Lipinski definition) is 0. The molecular formula is C16H15F3N4. The summed E-state index contributed by atoms with van der Waals surface area (Å²) < 4.78 is 38.2. The Morgan fingerprint density at radius 2 is 1.91 bits per heavy atom. The summed E-state index contributed by atoms with van der Waals surface area (Å²) in [6.45, 7) is -0.0385. The number of pyridine rings is 1. The first-order valence-corrected chi connectivity index (χ1v) is 7.65. The second-order valence-corrected chi connectivity index (χ2v) is 6.01. The van der Waals surface area contributed by atoms with Gasteiger partial charge in [0.1, 0.15) is 11.5 Å². The van der Waals surface area contributed by atoms with Crippen molar-refractivity contribution in [2.45, 2.75) is 25.4 Å². The molecule has 0 N–H and O–H groups in total. The van der Waals surface area contributed by atoms with Crippen LogP contribution in [0.4, 0.5) is 19.0 Å². The molecule has 4 rings (SSSR count). The number of rotatable bonds is 2. The molecule has 1 aliphatic carbocycles. The summed E-state index contributed by atoms with van der Waals surface area (Å²) in [5, 5.41) is 0. The zero-order valence-corrected chi connectivity index (χ0v) is 12.3. The number of aromatic nitrogens is 3. The minimum Gasteiger partial charge on any atom is -0.355 e. The average Bonchev–Trinajstić information content (AvgIpc) is 2.93. The molecule has 0 unspecified atom stereocenters.